The number of thiazole rings is 2. The summed E-state index contributed by atoms with van der Waals surface area (Å²) < 4.78 is 12.9. The van der Waals surface area contributed by atoms with Crippen LogP contribution in [0.5, 0.6) is 0 Å². The first-order valence-electron chi connectivity index (χ1n) is 7.09. The van der Waals surface area contributed by atoms with E-state index in [9.17, 15) is 9.18 Å². The second-order valence-electron chi connectivity index (χ2n) is 4.80. The van der Waals surface area contributed by atoms with E-state index in [1.807, 2.05) is 6.20 Å². The minimum Gasteiger partial charge on any atom is -0.344 e. The molecule has 0 radical (unpaired) electrons. The number of nitrogens with zero attached hydrogens (tertiary/aromatic N) is 2. The van der Waals surface area contributed by atoms with Gasteiger partial charge in [0.2, 0.25) is 0 Å². The molecule has 0 spiro atoms. The topological polar surface area (TPSA) is 54.9 Å². The van der Waals surface area contributed by atoms with E-state index in [-0.39, 0.29) is 11.7 Å². The number of aromatic nitrogens is 2. The number of halogens is 1. The van der Waals surface area contributed by atoms with Crippen molar-refractivity contribution in [3.05, 3.63) is 57.2 Å². The van der Waals surface area contributed by atoms with Crippen molar-refractivity contribution >= 4 is 28.6 Å². The standard InChI is InChI=1S/C16H14FN3OS2/c1-2-12-7-18-14(23-12)8-19-15(21)13-9-22-16(20-13)10-3-5-11(17)6-4-10/h3-7,9H,2,8H2,1H3,(H,19,21). The summed E-state index contributed by atoms with van der Waals surface area (Å²) >= 11 is 2.95. The smallest absolute Gasteiger partial charge is 0.271 e. The van der Waals surface area contributed by atoms with E-state index in [2.05, 4.69) is 22.2 Å². The highest BCUT2D eigenvalue weighted by Gasteiger charge is 2.12. The van der Waals surface area contributed by atoms with Gasteiger partial charge < -0.3 is 5.32 Å². The Labute approximate surface area is 141 Å². The molecule has 2 heterocycles. The first-order valence-corrected chi connectivity index (χ1v) is 8.78. The number of amides is 1. The van der Waals surface area contributed by atoms with Crippen LogP contribution in [0.1, 0.15) is 27.3 Å². The second-order valence-corrected chi connectivity index (χ2v) is 6.86. The Morgan fingerprint density at radius 2 is 2.09 bits per heavy atom. The maximum atomic E-state index is 12.9. The number of aryl methyl sites for hydroxylation is 1. The van der Waals surface area contributed by atoms with Gasteiger partial charge in [-0.2, -0.15) is 0 Å². The van der Waals surface area contributed by atoms with Crippen LogP contribution in [0.2, 0.25) is 0 Å². The molecule has 0 aliphatic carbocycles. The molecule has 0 fully saturated rings. The first-order chi connectivity index (χ1) is 11.2. The highest BCUT2D eigenvalue weighted by atomic mass is 32.1. The average Bonchev–Trinajstić information content (AvgIpc) is 3.22. The summed E-state index contributed by atoms with van der Waals surface area (Å²) in [5, 5.41) is 6.09. The molecule has 0 atom stereocenters. The van der Waals surface area contributed by atoms with Crippen molar-refractivity contribution in [1.82, 2.24) is 15.3 Å². The Hall–Kier alpha value is -2.12. The van der Waals surface area contributed by atoms with Gasteiger partial charge in [0.25, 0.3) is 5.91 Å². The molecule has 3 aromatic rings. The second kappa shape index (κ2) is 6.97. The van der Waals surface area contributed by atoms with E-state index in [1.165, 1.54) is 28.3 Å². The molecular weight excluding hydrogens is 333 g/mol. The lowest BCUT2D eigenvalue weighted by Crippen LogP contribution is -2.22. The summed E-state index contributed by atoms with van der Waals surface area (Å²) in [5.41, 5.74) is 1.16. The predicted molar refractivity (Wildman–Crippen MR) is 90.2 cm³/mol. The van der Waals surface area contributed by atoms with E-state index in [4.69, 9.17) is 0 Å². The van der Waals surface area contributed by atoms with Crippen LogP contribution in [-0.4, -0.2) is 15.9 Å². The van der Waals surface area contributed by atoms with Gasteiger partial charge in [0.1, 0.15) is 21.5 Å². The molecule has 0 bridgehead atoms. The third-order valence-corrected chi connectivity index (χ3v) is 5.21. The third-order valence-electron chi connectivity index (χ3n) is 3.18. The number of hydrogen-bond acceptors (Lipinski definition) is 5. The maximum absolute atomic E-state index is 12.9. The Morgan fingerprint density at radius 1 is 1.30 bits per heavy atom. The summed E-state index contributed by atoms with van der Waals surface area (Å²) in [6, 6.07) is 6.06. The van der Waals surface area contributed by atoms with Crippen LogP contribution in [-0.2, 0) is 13.0 Å². The van der Waals surface area contributed by atoms with Crippen LogP contribution in [0.4, 0.5) is 4.39 Å². The lowest BCUT2D eigenvalue weighted by molar-refractivity contribution is 0.0946. The van der Waals surface area contributed by atoms with Crippen LogP contribution in [0.15, 0.2) is 35.8 Å². The lowest BCUT2D eigenvalue weighted by atomic mass is 10.2. The van der Waals surface area contributed by atoms with Gasteiger partial charge in [0.15, 0.2) is 0 Å². The molecule has 2 aromatic heterocycles. The number of benzene rings is 1. The monoisotopic (exact) mass is 347 g/mol. The Bertz CT molecular complexity index is 811. The fourth-order valence-corrected chi connectivity index (χ4v) is 3.55. The van der Waals surface area contributed by atoms with Gasteiger partial charge >= 0.3 is 0 Å². The molecule has 4 nitrogen and oxygen atoms in total. The van der Waals surface area contributed by atoms with E-state index >= 15 is 0 Å². The Balaban J connectivity index is 1.65. The van der Waals surface area contributed by atoms with Crippen molar-refractivity contribution in [2.75, 3.05) is 0 Å². The molecule has 0 unspecified atom stereocenters. The summed E-state index contributed by atoms with van der Waals surface area (Å²) in [6.07, 6.45) is 2.78. The number of carbonyl (C=O) groups excluding carboxylic acids is 1. The molecule has 1 N–H and O–H groups in total. The highest BCUT2D eigenvalue weighted by molar-refractivity contribution is 7.13. The SMILES string of the molecule is CCc1cnc(CNC(=O)c2csc(-c3ccc(F)cc3)n2)s1. The maximum Gasteiger partial charge on any atom is 0.271 e. The van der Waals surface area contributed by atoms with Crippen molar-refractivity contribution in [2.45, 2.75) is 19.9 Å². The first kappa shape index (κ1) is 15.8. The minimum absolute atomic E-state index is 0.233. The van der Waals surface area contributed by atoms with Crippen molar-refractivity contribution in [2.24, 2.45) is 0 Å². The van der Waals surface area contributed by atoms with E-state index in [1.54, 1.807) is 28.8 Å². The van der Waals surface area contributed by atoms with Crippen molar-refractivity contribution in [3.8, 4) is 10.6 Å². The van der Waals surface area contributed by atoms with Gasteiger partial charge in [-0.1, -0.05) is 6.92 Å². The normalized spacial score (nSPS) is 10.7. The van der Waals surface area contributed by atoms with Gasteiger partial charge in [-0.05, 0) is 30.7 Å². The van der Waals surface area contributed by atoms with Gasteiger partial charge in [0, 0.05) is 22.0 Å². The fourth-order valence-electron chi connectivity index (χ4n) is 1.94. The zero-order chi connectivity index (χ0) is 16.2. The minimum atomic E-state index is -0.293. The fraction of sp³-hybridized carbons (Fsp3) is 0.188. The van der Waals surface area contributed by atoms with Crippen molar-refractivity contribution in [3.63, 3.8) is 0 Å². The largest absolute Gasteiger partial charge is 0.344 e. The van der Waals surface area contributed by atoms with Gasteiger partial charge in [-0.15, -0.1) is 22.7 Å². The van der Waals surface area contributed by atoms with Gasteiger partial charge in [0.05, 0.1) is 6.54 Å². The zero-order valence-corrected chi connectivity index (χ0v) is 14.0. The molecule has 0 aliphatic rings. The summed E-state index contributed by atoms with van der Waals surface area (Å²) in [7, 11) is 0. The molecule has 0 saturated carbocycles. The third kappa shape index (κ3) is 3.80. The molecular formula is C16H14FN3OS2. The Kier molecular flexibility index (Phi) is 4.78. The number of rotatable bonds is 5. The Morgan fingerprint density at radius 3 is 2.78 bits per heavy atom. The molecule has 0 saturated heterocycles. The number of carbonyl (C=O) groups is 1. The number of hydrogen-bond donors (Lipinski definition) is 1. The van der Waals surface area contributed by atoms with Crippen LogP contribution < -0.4 is 5.32 Å². The highest BCUT2D eigenvalue weighted by Crippen LogP contribution is 2.24. The average molecular weight is 347 g/mol. The van der Waals surface area contributed by atoms with Crippen LogP contribution in [0.3, 0.4) is 0 Å². The molecule has 1 amide bonds. The van der Waals surface area contributed by atoms with Gasteiger partial charge in [-0.25, -0.2) is 14.4 Å². The molecule has 3 rings (SSSR count). The van der Waals surface area contributed by atoms with Gasteiger partial charge in [-0.3, -0.25) is 4.79 Å². The van der Waals surface area contributed by atoms with E-state index in [0.29, 0.717) is 17.2 Å². The molecule has 7 heteroatoms. The van der Waals surface area contributed by atoms with Crippen molar-refractivity contribution in [1.29, 1.82) is 0 Å². The van der Waals surface area contributed by atoms with E-state index in [0.717, 1.165) is 17.0 Å². The summed E-state index contributed by atoms with van der Waals surface area (Å²) in [5.74, 6) is -0.527. The van der Waals surface area contributed by atoms with Crippen LogP contribution >= 0.6 is 22.7 Å². The molecule has 1 aromatic carbocycles. The molecule has 0 aliphatic heterocycles. The zero-order valence-electron chi connectivity index (χ0n) is 12.4. The summed E-state index contributed by atoms with van der Waals surface area (Å²) in [4.78, 5) is 21.9. The van der Waals surface area contributed by atoms with Crippen LogP contribution in [0, 0.1) is 5.82 Å². The molecule has 23 heavy (non-hydrogen) atoms. The molecule has 118 valence electrons. The quantitative estimate of drug-likeness (QED) is 0.761. The van der Waals surface area contributed by atoms with Crippen LogP contribution in [0.25, 0.3) is 10.6 Å². The summed E-state index contributed by atoms with van der Waals surface area (Å²) in [6.45, 7) is 2.47. The van der Waals surface area contributed by atoms with E-state index < -0.39 is 0 Å². The van der Waals surface area contributed by atoms with Crippen molar-refractivity contribution < 1.29 is 9.18 Å². The number of nitrogens with one attached hydrogen (secondary N) is 1. The predicted octanol–water partition coefficient (Wildman–Crippen LogP) is 3.90. The lowest BCUT2D eigenvalue weighted by Gasteiger charge is -2.00.